The lowest BCUT2D eigenvalue weighted by Crippen LogP contribution is -2.10. The second-order valence-corrected chi connectivity index (χ2v) is 7.17. The van der Waals surface area contributed by atoms with Gasteiger partial charge in [0.05, 0.1) is 5.69 Å². The molecule has 1 amide bonds. The number of carbonyl (C=O) groups is 1. The first-order valence-electron chi connectivity index (χ1n) is 9.73. The molecule has 30 heavy (non-hydrogen) atoms. The summed E-state index contributed by atoms with van der Waals surface area (Å²) in [6, 6.07) is 30.0. The molecule has 3 aromatic carbocycles. The fourth-order valence-corrected chi connectivity index (χ4v) is 3.66. The van der Waals surface area contributed by atoms with Gasteiger partial charge in [0.1, 0.15) is 5.65 Å². The number of amides is 1. The van der Waals surface area contributed by atoms with Gasteiger partial charge in [-0.3, -0.25) is 4.79 Å². The molecular weight excluding hydrogens is 370 g/mol. The molecule has 4 heteroatoms. The van der Waals surface area contributed by atoms with Crippen LogP contribution in [0.3, 0.4) is 0 Å². The van der Waals surface area contributed by atoms with Crippen molar-refractivity contribution in [3.8, 4) is 33.5 Å². The van der Waals surface area contributed by atoms with Crippen molar-refractivity contribution in [3.05, 3.63) is 109 Å². The second kappa shape index (κ2) is 7.33. The molecule has 0 fully saturated rings. The molecule has 5 rings (SSSR count). The summed E-state index contributed by atoms with van der Waals surface area (Å²) in [6.45, 7) is 0. The van der Waals surface area contributed by atoms with Gasteiger partial charge < -0.3 is 10.1 Å². The third kappa shape index (κ3) is 3.25. The summed E-state index contributed by atoms with van der Waals surface area (Å²) in [5.41, 5.74) is 13.0. The lowest BCUT2D eigenvalue weighted by Gasteiger charge is -2.09. The highest BCUT2D eigenvalue weighted by Crippen LogP contribution is 2.32. The summed E-state index contributed by atoms with van der Waals surface area (Å²) < 4.78 is 2.07. The Morgan fingerprint density at radius 2 is 1.33 bits per heavy atom. The zero-order chi connectivity index (χ0) is 20.5. The largest absolute Gasteiger partial charge is 0.366 e. The Morgan fingerprint density at radius 1 is 0.700 bits per heavy atom. The normalized spacial score (nSPS) is 10.9. The Hall–Kier alpha value is -4.18. The Kier molecular flexibility index (Phi) is 4.37. The van der Waals surface area contributed by atoms with Crippen molar-refractivity contribution < 1.29 is 4.79 Å². The summed E-state index contributed by atoms with van der Waals surface area (Å²) >= 11 is 0. The van der Waals surface area contributed by atoms with E-state index in [9.17, 15) is 4.79 Å². The molecule has 0 bridgehead atoms. The van der Waals surface area contributed by atoms with Gasteiger partial charge in [0.15, 0.2) is 0 Å². The number of imidazole rings is 1. The first-order valence-corrected chi connectivity index (χ1v) is 9.73. The maximum Gasteiger partial charge on any atom is 0.248 e. The van der Waals surface area contributed by atoms with E-state index in [1.54, 1.807) is 12.1 Å². The number of nitrogens with zero attached hydrogens (tertiary/aromatic N) is 2. The van der Waals surface area contributed by atoms with E-state index in [2.05, 4.69) is 40.9 Å². The van der Waals surface area contributed by atoms with E-state index >= 15 is 0 Å². The summed E-state index contributed by atoms with van der Waals surface area (Å²) in [4.78, 5) is 16.3. The van der Waals surface area contributed by atoms with Crippen molar-refractivity contribution in [3.63, 3.8) is 0 Å². The number of pyridine rings is 1. The van der Waals surface area contributed by atoms with E-state index in [-0.39, 0.29) is 0 Å². The van der Waals surface area contributed by atoms with Gasteiger partial charge in [-0.15, -0.1) is 0 Å². The predicted molar refractivity (Wildman–Crippen MR) is 120 cm³/mol. The number of primary amides is 1. The summed E-state index contributed by atoms with van der Waals surface area (Å²) in [7, 11) is 0. The molecule has 0 radical (unpaired) electrons. The SMILES string of the molecule is NC(=O)c1ccc(-c2cn3cc(-c4ccccc4)cc(-c4ccccc4)c3n2)cc1. The zero-order valence-corrected chi connectivity index (χ0v) is 16.2. The van der Waals surface area contributed by atoms with Gasteiger partial charge in [0.2, 0.25) is 5.91 Å². The maximum absolute atomic E-state index is 11.4. The van der Waals surface area contributed by atoms with E-state index in [1.807, 2.05) is 54.7 Å². The molecule has 144 valence electrons. The van der Waals surface area contributed by atoms with Crippen LogP contribution >= 0.6 is 0 Å². The number of hydrogen-bond donors (Lipinski definition) is 1. The first-order chi connectivity index (χ1) is 14.7. The van der Waals surface area contributed by atoms with Crippen molar-refractivity contribution >= 4 is 11.6 Å². The smallest absolute Gasteiger partial charge is 0.248 e. The number of nitrogens with two attached hydrogens (primary N) is 1. The molecule has 0 spiro atoms. The minimum Gasteiger partial charge on any atom is -0.366 e. The molecule has 4 nitrogen and oxygen atoms in total. The number of rotatable bonds is 4. The van der Waals surface area contributed by atoms with Gasteiger partial charge in [0, 0.05) is 29.1 Å². The quantitative estimate of drug-likeness (QED) is 0.445. The van der Waals surface area contributed by atoms with Crippen LogP contribution in [0, 0.1) is 0 Å². The van der Waals surface area contributed by atoms with Crippen molar-refractivity contribution in [2.45, 2.75) is 0 Å². The molecular formula is C26H19N3O. The van der Waals surface area contributed by atoms with E-state index in [4.69, 9.17) is 10.7 Å². The van der Waals surface area contributed by atoms with Crippen LogP contribution in [-0.4, -0.2) is 15.3 Å². The molecule has 2 N–H and O–H groups in total. The average Bonchev–Trinajstić information content (AvgIpc) is 3.24. The number of fused-ring (bicyclic) bond motifs is 1. The van der Waals surface area contributed by atoms with E-state index in [0.717, 1.165) is 39.2 Å². The predicted octanol–water partition coefficient (Wildman–Crippen LogP) is 5.43. The highest BCUT2D eigenvalue weighted by molar-refractivity contribution is 5.93. The van der Waals surface area contributed by atoms with E-state index < -0.39 is 5.91 Å². The van der Waals surface area contributed by atoms with Crippen LogP contribution in [0.5, 0.6) is 0 Å². The molecule has 0 aliphatic rings. The fraction of sp³-hybridized carbons (Fsp3) is 0. The van der Waals surface area contributed by atoms with Crippen LogP contribution in [-0.2, 0) is 0 Å². The Labute approximate surface area is 174 Å². The molecule has 0 saturated heterocycles. The van der Waals surface area contributed by atoms with E-state index in [1.165, 1.54) is 0 Å². The molecule has 2 heterocycles. The van der Waals surface area contributed by atoms with Crippen molar-refractivity contribution in [1.29, 1.82) is 0 Å². The van der Waals surface area contributed by atoms with Crippen LogP contribution in [0.15, 0.2) is 103 Å². The molecule has 0 atom stereocenters. The number of hydrogen-bond acceptors (Lipinski definition) is 2. The lowest BCUT2D eigenvalue weighted by atomic mass is 10.0. The Morgan fingerprint density at radius 3 is 1.97 bits per heavy atom. The molecule has 2 aromatic heterocycles. The van der Waals surface area contributed by atoms with Crippen molar-refractivity contribution in [2.24, 2.45) is 5.73 Å². The van der Waals surface area contributed by atoms with Crippen LogP contribution in [0.1, 0.15) is 10.4 Å². The summed E-state index contributed by atoms with van der Waals surface area (Å²) in [5.74, 6) is -0.435. The highest BCUT2D eigenvalue weighted by atomic mass is 16.1. The topological polar surface area (TPSA) is 60.4 Å². The Balaban J connectivity index is 1.70. The molecule has 0 saturated carbocycles. The fourth-order valence-electron chi connectivity index (χ4n) is 3.66. The third-order valence-corrected chi connectivity index (χ3v) is 5.21. The van der Waals surface area contributed by atoms with Crippen LogP contribution in [0.2, 0.25) is 0 Å². The monoisotopic (exact) mass is 389 g/mol. The zero-order valence-electron chi connectivity index (χ0n) is 16.2. The van der Waals surface area contributed by atoms with Crippen molar-refractivity contribution in [2.75, 3.05) is 0 Å². The summed E-state index contributed by atoms with van der Waals surface area (Å²) in [5, 5.41) is 0. The van der Waals surface area contributed by atoms with Crippen molar-refractivity contribution in [1.82, 2.24) is 9.38 Å². The molecule has 0 aliphatic carbocycles. The minimum atomic E-state index is -0.435. The lowest BCUT2D eigenvalue weighted by molar-refractivity contribution is 0.100. The standard InChI is InChI=1S/C26H19N3O/c27-25(30)21-13-11-20(12-14-21)24-17-29-16-22(18-7-3-1-4-8-18)15-23(26(29)28-24)19-9-5-2-6-10-19/h1-17H,(H2,27,30). The highest BCUT2D eigenvalue weighted by Gasteiger charge is 2.13. The van der Waals surface area contributed by atoms with Crippen LogP contribution in [0.25, 0.3) is 39.2 Å². The van der Waals surface area contributed by atoms with Gasteiger partial charge in [-0.1, -0.05) is 72.8 Å². The average molecular weight is 389 g/mol. The van der Waals surface area contributed by atoms with Gasteiger partial charge >= 0.3 is 0 Å². The van der Waals surface area contributed by atoms with Crippen LogP contribution < -0.4 is 5.73 Å². The summed E-state index contributed by atoms with van der Waals surface area (Å²) in [6.07, 6.45) is 4.12. The van der Waals surface area contributed by atoms with Gasteiger partial charge in [-0.2, -0.15) is 0 Å². The molecule has 0 unspecified atom stereocenters. The van der Waals surface area contributed by atoms with E-state index in [0.29, 0.717) is 5.56 Å². The number of benzene rings is 3. The van der Waals surface area contributed by atoms with Crippen LogP contribution in [0.4, 0.5) is 0 Å². The molecule has 5 aromatic rings. The van der Waals surface area contributed by atoms with Gasteiger partial charge in [-0.05, 0) is 34.9 Å². The number of carbonyl (C=O) groups excluding carboxylic acids is 1. The minimum absolute atomic E-state index is 0.435. The first kappa shape index (κ1) is 17.9. The Bertz CT molecular complexity index is 1340. The maximum atomic E-state index is 11.4. The second-order valence-electron chi connectivity index (χ2n) is 7.17. The molecule has 0 aliphatic heterocycles. The number of aromatic nitrogens is 2. The third-order valence-electron chi connectivity index (χ3n) is 5.21. The van der Waals surface area contributed by atoms with Gasteiger partial charge in [0.25, 0.3) is 0 Å². The van der Waals surface area contributed by atoms with Gasteiger partial charge in [-0.25, -0.2) is 4.98 Å².